The maximum atomic E-state index is 12.5. The summed E-state index contributed by atoms with van der Waals surface area (Å²) in [4.78, 5) is 24.8. The zero-order valence-corrected chi connectivity index (χ0v) is 31.2. The second-order valence-electron chi connectivity index (χ2n) is 12.5. The molecule has 0 aromatic carbocycles. The number of rotatable bonds is 34. The molecule has 0 radical (unpaired) electrons. The van der Waals surface area contributed by atoms with Gasteiger partial charge in [0, 0.05) is 12.8 Å². The van der Waals surface area contributed by atoms with Crippen LogP contribution in [0, 0.1) is 0 Å². The molecule has 0 aromatic rings. The lowest BCUT2D eigenvalue weighted by Gasteiger charge is -2.18. The molecular formula is C43H72O5. The SMILES string of the molecule is CC/C=C\C/C=C\C/C=C\C/C=C\C/C=C\CCOCC(COC(=O)CCCCCCC/C=C\CCCC)OC(=O)CCCCCCC. The van der Waals surface area contributed by atoms with Gasteiger partial charge in [-0.25, -0.2) is 0 Å². The van der Waals surface area contributed by atoms with Gasteiger partial charge < -0.3 is 14.2 Å². The molecule has 0 N–H and O–H groups in total. The van der Waals surface area contributed by atoms with Gasteiger partial charge in [-0.2, -0.15) is 0 Å². The molecule has 0 fully saturated rings. The Balaban J connectivity index is 4.27. The standard InChI is InChI=1S/C43H72O5/c1-4-7-10-13-15-17-19-20-21-22-23-25-27-29-32-35-38-46-39-41(48-43(45)37-34-30-12-9-6-3)40-47-42(44)36-33-31-28-26-24-18-16-14-11-8-5-2/h7,10,14-17,20-21,23,25,29,32,41H,4-6,8-9,11-13,18-19,22,24,26-28,30-31,33-40H2,1-3H3/b10-7-,16-14-,17-15-,21-20-,25-23-,32-29-. The van der Waals surface area contributed by atoms with E-state index >= 15 is 0 Å². The molecule has 5 nitrogen and oxygen atoms in total. The van der Waals surface area contributed by atoms with Gasteiger partial charge in [0.15, 0.2) is 6.10 Å². The Kier molecular flexibility index (Phi) is 36.6. The van der Waals surface area contributed by atoms with E-state index in [9.17, 15) is 9.59 Å². The Labute approximate surface area is 296 Å². The van der Waals surface area contributed by atoms with Gasteiger partial charge in [0.2, 0.25) is 0 Å². The molecule has 1 unspecified atom stereocenters. The molecule has 0 amide bonds. The van der Waals surface area contributed by atoms with Crippen molar-refractivity contribution in [2.75, 3.05) is 19.8 Å². The Bertz CT molecular complexity index is 895. The third-order valence-corrected chi connectivity index (χ3v) is 7.75. The van der Waals surface area contributed by atoms with Gasteiger partial charge in [0.25, 0.3) is 0 Å². The molecule has 5 heteroatoms. The predicted molar refractivity (Wildman–Crippen MR) is 205 cm³/mol. The largest absolute Gasteiger partial charge is 0.462 e. The van der Waals surface area contributed by atoms with E-state index in [-0.39, 0.29) is 25.2 Å². The maximum Gasteiger partial charge on any atom is 0.306 e. The molecule has 0 bridgehead atoms. The van der Waals surface area contributed by atoms with E-state index in [1.807, 2.05) is 0 Å². The van der Waals surface area contributed by atoms with Crippen LogP contribution in [0.4, 0.5) is 0 Å². The molecule has 0 aliphatic carbocycles. The van der Waals surface area contributed by atoms with Crippen LogP contribution >= 0.6 is 0 Å². The monoisotopic (exact) mass is 669 g/mol. The zero-order chi connectivity index (χ0) is 35.0. The number of esters is 2. The Morgan fingerprint density at radius 2 is 0.958 bits per heavy atom. The summed E-state index contributed by atoms with van der Waals surface area (Å²) in [5.41, 5.74) is 0. The molecule has 0 aromatic heterocycles. The minimum absolute atomic E-state index is 0.0481. The van der Waals surface area contributed by atoms with E-state index in [2.05, 4.69) is 93.7 Å². The fraction of sp³-hybridized carbons (Fsp3) is 0.674. The number of hydrogen-bond acceptors (Lipinski definition) is 5. The molecular weight excluding hydrogens is 596 g/mol. The van der Waals surface area contributed by atoms with Gasteiger partial charge in [0.05, 0.1) is 13.2 Å². The van der Waals surface area contributed by atoms with Crippen LogP contribution < -0.4 is 0 Å². The molecule has 0 spiro atoms. The molecule has 0 aliphatic rings. The first-order chi connectivity index (χ1) is 23.6. The lowest BCUT2D eigenvalue weighted by Crippen LogP contribution is -2.30. The minimum Gasteiger partial charge on any atom is -0.462 e. The van der Waals surface area contributed by atoms with Crippen LogP contribution in [-0.2, 0) is 23.8 Å². The highest BCUT2D eigenvalue weighted by Gasteiger charge is 2.17. The fourth-order valence-corrected chi connectivity index (χ4v) is 4.85. The van der Waals surface area contributed by atoms with Crippen molar-refractivity contribution < 1.29 is 23.8 Å². The topological polar surface area (TPSA) is 61.8 Å². The lowest BCUT2D eigenvalue weighted by molar-refractivity contribution is -0.162. The lowest BCUT2D eigenvalue weighted by atomic mass is 10.1. The number of unbranched alkanes of at least 4 members (excludes halogenated alkanes) is 11. The van der Waals surface area contributed by atoms with E-state index in [0.717, 1.165) is 83.5 Å². The normalized spacial score (nSPS) is 13.0. The summed E-state index contributed by atoms with van der Waals surface area (Å²) in [5, 5.41) is 0. The van der Waals surface area contributed by atoms with Crippen LogP contribution in [-0.4, -0.2) is 37.9 Å². The Hall–Kier alpha value is -2.66. The summed E-state index contributed by atoms with van der Waals surface area (Å²) in [5.74, 6) is -0.470. The Morgan fingerprint density at radius 3 is 1.56 bits per heavy atom. The van der Waals surface area contributed by atoms with Gasteiger partial charge in [-0.05, 0) is 70.6 Å². The van der Waals surface area contributed by atoms with Gasteiger partial charge in [0.1, 0.15) is 6.61 Å². The number of ether oxygens (including phenoxy) is 3. The predicted octanol–water partition coefficient (Wildman–Crippen LogP) is 12.4. The van der Waals surface area contributed by atoms with E-state index < -0.39 is 6.10 Å². The third kappa shape index (κ3) is 36.2. The van der Waals surface area contributed by atoms with Crippen molar-refractivity contribution in [3.05, 3.63) is 72.9 Å². The summed E-state index contributed by atoms with van der Waals surface area (Å²) in [6.45, 7) is 7.35. The maximum absolute atomic E-state index is 12.5. The van der Waals surface area contributed by atoms with Crippen molar-refractivity contribution >= 4 is 11.9 Å². The van der Waals surface area contributed by atoms with E-state index in [0.29, 0.717) is 19.4 Å². The highest BCUT2D eigenvalue weighted by molar-refractivity contribution is 5.70. The number of allylic oxidation sites excluding steroid dienone is 11. The van der Waals surface area contributed by atoms with Crippen LogP contribution in [0.5, 0.6) is 0 Å². The summed E-state index contributed by atoms with van der Waals surface area (Å²) in [7, 11) is 0. The van der Waals surface area contributed by atoms with Crippen molar-refractivity contribution in [3.63, 3.8) is 0 Å². The second-order valence-corrected chi connectivity index (χ2v) is 12.5. The van der Waals surface area contributed by atoms with Crippen molar-refractivity contribution in [2.45, 2.75) is 168 Å². The van der Waals surface area contributed by atoms with E-state index in [1.165, 1.54) is 44.9 Å². The number of hydrogen-bond donors (Lipinski definition) is 0. The summed E-state index contributed by atoms with van der Waals surface area (Å²) >= 11 is 0. The average molecular weight is 669 g/mol. The van der Waals surface area contributed by atoms with Crippen LogP contribution in [0.2, 0.25) is 0 Å². The quantitative estimate of drug-likeness (QED) is 0.0388. The van der Waals surface area contributed by atoms with Crippen molar-refractivity contribution in [1.29, 1.82) is 0 Å². The zero-order valence-electron chi connectivity index (χ0n) is 31.2. The minimum atomic E-state index is -0.573. The van der Waals surface area contributed by atoms with Crippen LogP contribution in [0.25, 0.3) is 0 Å². The van der Waals surface area contributed by atoms with E-state index in [4.69, 9.17) is 14.2 Å². The van der Waals surface area contributed by atoms with Crippen molar-refractivity contribution in [1.82, 2.24) is 0 Å². The summed E-state index contributed by atoms with van der Waals surface area (Å²) in [6, 6.07) is 0. The molecule has 0 heterocycles. The molecule has 0 rings (SSSR count). The van der Waals surface area contributed by atoms with Crippen LogP contribution in [0.3, 0.4) is 0 Å². The summed E-state index contributed by atoms with van der Waals surface area (Å²) < 4.78 is 17.0. The van der Waals surface area contributed by atoms with Gasteiger partial charge >= 0.3 is 11.9 Å². The van der Waals surface area contributed by atoms with Crippen molar-refractivity contribution in [2.24, 2.45) is 0 Å². The van der Waals surface area contributed by atoms with Gasteiger partial charge in [-0.1, -0.05) is 151 Å². The molecule has 0 aliphatic heterocycles. The van der Waals surface area contributed by atoms with Crippen LogP contribution in [0.15, 0.2) is 72.9 Å². The van der Waals surface area contributed by atoms with Crippen molar-refractivity contribution in [3.8, 4) is 0 Å². The van der Waals surface area contributed by atoms with E-state index in [1.54, 1.807) is 0 Å². The first kappa shape index (κ1) is 45.3. The fourth-order valence-electron chi connectivity index (χ4n) is 4.85. The molecule has 0 saturated carbocycles. The molecule has 274 valence electrons. The number of carbonyl (C=O) groups is 2. The first-order valence-electron chi connectivity index (χ1n) is 19.5. The smallest absolute Gasteiger partial charge is 0.306 e. The highest BCUT2D eigenvalue weighted by Crippen LogP contribution is 2.11. The molecule has 48 heavy (non-hydrogen) atoms. The highest BCUT2D eigenvalue weighted by atomic mass is 16.6. The Morgan fingerprint density at radius 1 is 0.479 bits per heavy atom. The van der Waals surface area contributed by atoms with Gasteiger partial charge in [-0.15, -0.1) is 0 Å². The van der Waals surface area contributed by atoms with Gasteiger partial charge in [-0.3, -0.25) is 9.59 Å². The first-order valence-corrected chi connectivity index (χ1v) is 19.5. The molecule has 1 atom stereocenters. The van der Waals surface area contributed by atoms with Crippen LogP contribution in [0.1, 0.15) is 162 Å². The second kappa shape index (κ2) is 38.8. The molecule has 0 saturated heterocycles. The third-order valence-electron chi connectivity index (χ3n) is 7.75. The summed E-state index contributed by atoms with van der Waals surface area (Å²) in [6.07, 6.45) is 48.0. The number of carbonyl (C=O) groups excluding carboxylic acids is 2. The average Bonchev–Trinajstić information content (AvgIpc) is 3.08.